The fraction of sp³-hybridized carbons (Fsp3) is 0.429. The average molecular weight is 545 g/mol. The highest BCUT2D eigenvalue weighted by molar-refractivity contribution is 5.91. The molecule has 0 spiro atoms. The zero-order valence-electron chi connectivity index (χ0n) is 24.3. The van der Waals surface area contributed by atoms with Gasteiger partial charge in [0.15, 0.2) is 0 Å². The second-order valence-corrected chi connectivity index (χ2v) is 10.3. The van der Waals surface area contributed by atoms with Crippen molar-refractivity contribution in [3.63, 3.8) is 0 Å². The van der Waals surface area contributed by atoms with Crippen molar-refractivity contribution in [1.29, 1.82) is 0 Å². The fourth-order valence-corrected chi connectivity index (χ4v) is 4.43. The van der Waals surface area contributed by atoms with Crippen LogP contribution in [-0.4, -0.2) is 18.5 Å². The average Bonchev–Trinajstić information content (AvgIpc) is 2.98. The molecule has 0 saturated carbocycles. The van der Waals surface area contributed by atoms with Gasteiger partial charge in [-0.1, -0.05) is 95.2 Å². The van der Waals surface area contributed by atoms with E-state index in [0.29, 0.717) is 24.3 Å². The third-order valence-corrected chi connectivity index (χ3v) is 6.93. The fourth-order valence-electron chi connectivity index (χ4n) is 4.43. The van der Waals surface area contributed by atoms with Gasteiger partial charge in [0.25, 0.3) is 0 Å². The van der Waals surface area contributed by atoms with Crippen LogP contribution in [0.25, 0.3) is 11.1 Å². The van der Waals surface area contributed by atoms with Crippen LogP contribution in [0.15, 0.2) is 72.8 Å². The van der Waals surface area contributed by atoms with Gasteiger partial charge in [-0.25, -0.2) is 4.79 Å². The molecular formula is C35H44O5. The van der Waals surface area contributed by atoms with Crippen LogP contribution in [0.2, 0.25) is 0 Å². The number of unbranched alkanes of at least 4 members (excludes halogenated alkanes) is 7. The molecule has 0 saturated heterocycles. The highest BCUT2D eigenvalue weighted by Gasteiger charge is 2.13. The van der Waals surface area contributed by atoms with Gasteiger partial charge in [-0.15, -0.1) is 0 Å². The van der Waals surface area contributed by atoms with Crippen LogP contribution in [0.3, 0.4) is 0 Å². The summed E-state index contributed by atoms with van der Waals surface area (Å²) in [5, 5.41) is 0. The van der Waals surface area contributed by atoms with E-state index in [1.807, 2.05) is 55.5 Å². The lowest BCUT2D eigenvalue weighted by molar-refractivity contribution is -0.148. The van der Waals surface area contributed by atoms with E-state index >= 15 is 0 Å². The van der Waals surface area contributed by atoms with E-state index in [9.17, 15) is 9.59 Å². The van der Waals surface area contributed by atoms with Crippen LogP contribution in [0, 0.1) is 0 Å². The number of esters is 2. The molecule has 0 aliphatic heterocycles. The van der Waals surface area contributed by atoms with E-state index in [4.69, 9.17) is 14.2 Å². The SMILES string of the molecule is CCCCCCCCOc1ccc(OC(=O)c2ccc(-c3ccc(C(C)OC(=O)CCCCC)cc3)cc2)cc1. The monoisotopic (exact) mass is 544 g/mol. The first kappa shape index (κ1) is 30.9. The van der Waals surface area contributed by atoms with Gasteiger partial charge in [-0.3, -0.25) is 4.79 Å². The van der Waals surface area contributed by atoms with E-state index in [1.54, 1.807) is 24.3 Å². The summed E-state index contributed by atoms with van der Waals surface area (Å²) in [6.07, 6.45) is 10.5. The Hall–Kier alpha value is -3.60. The third kappa shape index (κ3) is 10.5. The van der Waals surface area contributed by atoms with Gasteiger partial charge >= 0.3 is 11.9 Å². The Balaban J connectivity index is 1.46. The van der Waals surface area contributed by atoms with Crippen LogP contribution in [0.4, 0.5) is 0 Å². The van der Waals surface area contributed by atoms with Crippen molar-refractivity contribution in [2.24, 2.45) is 0 Å². The minimum atomic E-state index is -0.405. The smallest absolute Gasteiger partial charge is 0.343 e. The molecular weight excluding hydrogens is 500 g/mol. The number of carbonyl (C=O) groups is 2. The maximum absolute atomic E-state index is 12.7. The van der Waals surface area contributed by atoms with Gasteiger partial charge in [-0.05, 0) is 72.9 Å². The van der Waals surface area contributed by atoms with Crippen molar-refractivity contribution in [2.75, 3.05) is 6.61 Å². The van der Waals surface area contributed by atoms with Crippen molar-refractivity contribution >= 4 is 11.9 Å². The van der Waals surface area contributed by atoms with Gasteiger partial charge in [0.2, 0.25) is 0 Å². The van der Waals surface area contributed by atoms with Crippen LogP contribution in [0.1, 0.15) is 107 Å². The molecule has 3 aromatic carbocycles. The maximum atomic E-state index is 12.7. The maximum Gasteiger partial charge on any atom is 0.343 e. The first-order valence-electron chi connectivity index (χ1n) is 14.8. The minimum Gasteiger partial charge on any atom is -0.494 e. The van der Waals surface area contributed by atoms with Gasteiger partial charge in [0.1, 0.15) is 17.6 Å². The highest BCUT2D eigenvalue weighted by atomic mass is 16.5. The van der Waals surface area contributed by atoms with Gasteiger partial charge < -0.3 is 14.2 Å². The molecule has 0 fully saturated rings. The Bertz CT molecular complexity index is 1150. The largest absolute Gasteiger partial charge is 0.494 e. The quantitative estimate of drug-likeness (QED) is 0.0962. The molecule has 1 unspecified atom stereocenters. The molecule has 5 heteroatoms. The summed E-state index contributed by atoms with van der Waals surface area (Å²) < 4.78 is 16.9. The molecule has 0 amide bonds. The van der Waals surface area contributed by atoms with Crippen molar-refractivity contribution in [1.82, 2.24) is 0 Å². The van der Waals surface area contributed by atoms with Crippen molar-refractivity contribution < 1.29 is 23.8 Å². The van der Waals surface area contributed by atoms with Crippen LogP contribution >= 0.6 is 0 Å². The van der Waals surface area contributed by atoms with E-state index in [1.165, 1.54) is 32.1 Å². The minimum absolute atomic E-state index is 0.153. The molecule has 3 rings (SSSR count). The third-order valence-electron chi connectivity index (χ3n) is 6.93. The van der Waals surface area contributed by atoms with E-state index in [-0.39, 0.29) is 12.1 Å². The van der Waals surface area contributed by atoms with E-state index in [0.717, 1.165) is 48.1 Å². The Kier molecular flexibility index (Phi) is 13.3. The van der Waals surface area contributed by atoms with E-state index < -0.39 is 5.97 Å². The second-order valence-electron chi connectivity index (χ2n) is 10.3. The zero-order chi connectivity index (χ0) is 28.6. The normalized spacial score (nSPS) is 11.6. The van der Waals surface area contributed by atoms with Crippen LogP contribution in [0.5, 0.6) is 11.5 Å². The first-order valence-corrected chi connectivity index (χ1v) is 14.8. The number of hydrogen-bond donors (Lipinski definition) is 0. The Morgan fingerprint density at radius 1 is 0.650 bits per heavy atom. The molecule has 0 heterocycles. The zero-order valence-corrected chi connectivity index (χ0v) is 24.3. The lowest BCUT2D eigenvalue weighted by atomic mass is 10.0. The Morgan fingerprint density at radius 3 is 1.85 bits per heavy atom. The second kappa shape index (κ2) is 17.2. The number of ether oxygens (including phenoxy) is 3. The van der Waals surface area contributed by atoms with Crippen molar-refractivity contribution in [3.05, 3.63) is 83.9 Å². The standard InChI is InChI=1S/C35H44O5/c1-4-6-8-9-10-12-26-38-32-22-24-33(25-23-32)40-35(37)31-20-18-30(19-21-31)29-16-14-28(15-17-29)27(3)39-34(36)13-11-7-5-2/h14-25,27H,4-13,26H2,1-3H3. The van der Waals surface area contributed by atoms with E-state index in [2.05, 4.69) is 13.8 Å². The molecule has 0 aromatic heterocycles. The lowest BCUT2D eigenvalue weighted by Crippen LogP contribution is -2.08. The molecule has 214 valence electrons. The van der Waals surface area contributed by atoms with Gasteiger partial charge in [0.05, 0.1) is 12.2 Å². The van der Waals surface area contributed by atoms with Crippen molar-refractivity contribution in [3.8, 4) is 22.6 Å². The number of hydrogen-bond acceptors (Lipinski definition) is 5. The summed E-state index contributed by atoms with van der Waals surface area (Å²) >= 11 is 0. The predicted molar refractivity (Wildman–Crippen MR) is 161 cm³/mol. The summed E-state index contributed by atoms with van der Waals surface area (Å²) in [6, 6.07) is 22.5. The summed E-state index contributed by atoms with van der Waals surface area (Å²) in [5.41, 5.74) is 3.43. The van der Waals surface area contributed by atoms with Crippen LogP contribution in [-0.2, 0) is 9.53 Å². The highest BCUT2D eigenvalue weighted by Crippen LogP contribution is 2.25. The molecule has 3 aromatic rings. The summed E-state index contributed by atoms with van der Waals surface area (Å²) in [7, 11) is 0. The van der Waals surface area contributed by atoms with Crippen LogP contribution < -0.4 is 9.47 Å². The molecule has 0 aliphatic rings. The summed E-state index contributed by atoms with van der Waals surface area (Å²) in [6.45, 7) is 6.93. The molecule has 0 aliphatic carbocycles. The summed E-state index contributed by atoms with van der Waals surface area (Å²) in [5.74, 6) is 0.706. The first-order chi connectivity index (χ1) is 19.5. The van der Waals surface area contributed by atoms with Gasteiger partial charge in [0, 0.05) is 6.42 Å². The molecule has 0 radical (unpaired) electrons. The number of rotatable bonds is 17. The number of benzene rings is 3. The van der Waals surface area contributed by atoms with Gasteiger partial charge in [-0.2, -0.15) is 0 Å². The Morgan fingerprint density at radius 2 is 1.20 bits per heavy atom. The Labute approximate surface area is 239 Å². The topological polar surface area (TPSA) is 61.8 Å². The molecule has 5 nitrogen and oxygen atoms in total. The lowest BCUT2D eigenvalue weighted by Gasteiger charge is -2.14. The molecule has 0 bridgehead atoms. The predicted octanol–water partition coefficient (Wildman–Crippen LogP) is 9.50. The molecule has 0 N–H and O–H groups in total. The summed E-state index contributed by atoms with van der Waals surface area (Å²) in [4.78, 5) is 24.7. The molecule has 1 atom stereocenters. The van der Waals surface area contributed by atoms with Crippen molar-refractivity contribution in [2.45, 2.75) is 91.1 Å². The number of carbonyl (C=O) groups excluding carboxylic acids is 2. The molecule has 40 heavy (non-hydrogen) atoms.